The summed E-state index contributed by atoms with van der Waals surface area (Å²) in [6.45, 7) is 1.44. The highest BCUT2D eigenvalue weighted by Crippen LogP contribution is 2.15. The molecule has 0 saturated carbocycles. The summed E-state index contributed by atoms with van der Waals surface area (Å²) in [4.78, 5) is 16.3. The Kier molecular flexibility index (Phi) is 8.08. The van der Waals surface area contributed by atoms with Crippen molar-refractivity contribution in [2.75, 3.05) is 33.2 Å². The van der Waals surface area contributed by atoms with E-state index in [1.165, 1.54) is 0 Å². The number of hydrogen-bond acceptors (Lipinski definition) is 2. The van der Waals surface area contributed by atoms with Crippen molar-refractivity contribution in [1.29, 1.82) is 0 Å². The maximum atomic E-state index is 12.3. The highest BCUT2D eigenvalue weighted by atomic mass is 19.4. The summed E-state index contributed by atoms with van der Waals surface area (Å²) in [7, 11) is 1.11. The molecule has 0 aliphatic rings. The van der Waals surface area contributed by atoms with Crippen molar-refractivity contribution in [3.8, 4) is 0 Å². The number of benzene rings is 1. The molecule has 2 N–H and O–H groups in total. The monoisotopic (exact) mass is 344 g/mol. The van der Waals surface area contributed by atoms with Gasteiger partial charge in [0, 0.05) is 20.1 Å². The number of carbonyl (C=O) groups is 1. The van der Waals surface area contributed by atoms with Gasteiger partial charge in [0.05, 0.1) is 0 Å². The van der Waals surface area contributed by atoms with Crippen LogP contribution in [0, 0.1) is 0 Å². The third-order valence-corrected chi connectivity index (χ3v) is 3.11. The van der Waals surface area contributed by atoms with Crippen LogP contribution >= 0.6 is 0 Å². The Labute approximate surface area is 139 Å². The molecule has 24 heavy (non-hydrogen) atoms. The third-order valence-electron chi connectivity index (χ3n) is 3.11. The van der Waals surface area contributed by atoms with Gasteiger partial charge in [-0.15, -0.1) is 0 Å². The maximum Gasteiger partial charge on any atom is 0.406 e. The fraction of sp³-hybridized carbons (Fsp3) is 0.500. The Hall–Kier alpha value is -2.25. The van der Waals surface area contributed by atoms with Crippen LogP contribution in [-0.2, 0) is 11.2 Å². The smallest absolute Gasteiger partial charge is 0.357 e. The fourth-order valence-electron chi connectivity index (χ4n) is 1.94. The van der Waals surface area contributed by atoms with E-state index in [2.05, 4.69) is 15.6 Å². The molecule has 0 aliphatic carbocycles. The predicted molar refractivity (Wildman–Crippen MR) is 87.8 cm³/mol. The third kappa shape index (κ3) is 8.40. The first-order chi connectivity index (χ1) is 11.3. The molecule has 1 amide bonds. The van der Waals surface area contributed by atoms with E-state index in [0.29, 0.717) is 23.9 Å². The molecule has 0 aromatic heterocycles. The number of likely N-dealkylation sites (N-methyl/N-ethyl adjacent to an activating group) is 1. The number of halogens is 3. The second kappa shape index (κ2) is 9.79. The molecule has 0 saturated heterocycles. The van der Waals surface area contributed by atoms with Crippen molar-refractivity contribution in [1.82, 2.24) is 15.5 Å². The Morgan fingerprint density at radius 1 is 1.21 bits per heavy atom. The summed E-state index contributed by atoms with van der Waals surface area (Å²) in [5, 5.41) is 6.01. The molecule has 0 aliphatic heterocycles. The van der Waals surface area contributed by atoms with Crippen LogP contribution in [0.15, 0.2) is 35.3 Å². The number of nitrogens with one attached hydrogen (secondary N) is 2. The zero-order valence-electron chi connectivity index (χ0n) is 13.9. The summed E-state index contributed by atoms with van der Waals surface area (Å²) in [6, 6.07) is 9.84. The number of hydrogen-bond donors (Lipinski definition) is 2. The second-order valence-corrected chi connectivity index (χ2v) is 5.22. The number of amides is 1. The van der Waals surface area contributed by atoms with Crippen molar-refractivity contribution in [2.45, 2.75) is 19.5 Å². The minimum absolute atomic E-state index is 0.340. The molecular weight excluding hydrogens is 321 g/mol. The molecule has 8 heteroatoms. The molecular formula is C16H23F3N4O. The van der Waals surface area contributed by atoms with Gasteiger partial charge in [-0.25, -0.2) is 4.99 Å². The molecule has 0 radical (unpaired) electrons. The minimum Gasteiger partial charge on any atom is -0.357 e. The Bertz CT molecular complexity index is 532. The lowest BCUT2D eigenvalue weighted by molar-refractivity contribution is -0.157. The molecule has 1 aromatic carbocycles. The van der Waals surface area contributed by atoms with E-state index in [0.717, 1.165) is 19.0 Å². The summed E-state index contributed by atoms with van der Waals surface area (Å²) < 4.78 is 36.8. The summed E-state index contributed by atoms with van der Waals surface area (Å²) in [5.74, 6) is -0.283. The Balaban J connectivity index is 2.48. The van der Waals surface area contributed by atoms with E-state index in [9.17, 15) is 18.0 Å². The predicted octanol–water partition coefficient (Wildman–Crippen LogP) is 1.80. The van der Waals surface area contributed by atoms with Crippen molar-refractivity contribution >= 4 is 11.9 Å². The number of rotatable bonds is 7. The highest BCUT2D eigenvalue weighted by molar-refractivity contribution is 5.84. The van der Waals surface area contributed by atoms with Crippen molar-refractivity contribution in [3.05, 3.63) is 35.9 Å². The summed E-state index contributed by atoms with van der Waals surface area (Å²) in [5.41, 5.74) is 1.15. The van der Waals surface area contributed by atoms with Crippen LogP contribution in [0.3, 0.4) is 0 Å². The van der Waals surface area contributed by atoms with Crippen LogP contribution in [-0.4, -0.2) is 56.2 Å². The lowest BCUT2D eigenvalue weighted by Gasteiger charge is -2.18. The van der Waals surface area contributed by atoms with Crippen molar-refractivity contribution < 1.29 is 18.0 Å². The number of nitrogens with zero attached hydrogens (tertiary/aromatic N) is 2. The molecule has 0 bridgehead atoms. The average Bonchev–Trinajstić information content (AvgIpc) is 2.51. The van der Waals surface area contributed by atoms with Gasteiger partial charge in [0.15, 0.2) is 5.96 Å². The molecule has 1 rings (SSSR count). The van der Waals surface area contributed by atoms with Crippen LogP contribution in [0.5, 0.6) is 0 Å². The molecule has 0 atom stereocenters. The van der Waals surface area contributed by atoms with Gasteiger partial charge in [0.1, 0.15) is 13.1 Å². The largest absolute Gasteiger partial charge is 0.406 e. The second-order valence-electron chi connectivity index (χ2n) is 5.22. The first kappa shape index (κ1) is 19.8. The van der Waals surface area contributed by atoms with E-state index in [1.807, 2.05) is 37.3 Å². The normalized spacial score (nSPS) is 12.0. The van der Waals surface area contributed by atoms with Crippen LogP contribution in [0.25, 0.3) is 0 Å². The zero-order chi connectivity index (χ0) is 18.0. The van der Waals surface area contributed by atoms with Gasteiger partial charge < -0.3 is 15.5 Å². The Morgan fingerprint density at radius 3 is 2.46 bits per heavy atom. The van der Waals surface area contributed by atoms with E-state index >= 15 is 0 Å². The minimum atomic E-state index is -4.41. The van der Waals surface area contributed by atoms with E-state index in [-0.39, 0.29) is 6.54 Å². The van der Waals surface area contributed by atoms with E-state index in [1.54, 1.807) is 0 Å². The number of aliphatic imine (C=N–C) groups is 1. The van der Waals surface area contributed by atoms with E-state index < -0.39 is 18.6 Å². The van der Waals surface area contributed by atoms with Crippen LogP contribution in [0.1, 0.15) is 12.5 Å². The average molecular weight is 344 g/mol. The lowest BCUT2D eigenvalue weighted by atomic mass is 10.1. The van der Waals surface area contributed by atoms with Gasteiger partial charge in [-0.1, -0.05) is 30.3 Å². The van der Waals surface area contributed by atoms with Crippen LogP contribution in [0.2, 0.25) is 0 Å². The first-order valence-corrected chi connectivity index (χ1v) is 7.68. The van der Waals surface area contributed by atoms with Crippen LogP contribution in [0.4, 0.5) is 13.2 Å². The molecule has 0 heterocycles. The number of alkyl halides is 3. The number of guanidine groups is 1. The van der Waals surface area contributed by atoms with Crippen LogP contribution < -0.4 is 10.6 Å². The van der Waals surface area contributed by atoms with Gasteiger partial charge in [-0.2, -0.15) is 13.2 Å². The first-order valence-electron chi connectivity index (χ1n) is 7.68. The summed E-state index contributed by atoms with van der Waals surface area (Å²) >= 11 is 0. The summed E-state index contributed by atoms with van der Waals surface area (Å²) in [6.07, 6.45) is -3.64. The van der Waals surface area contributed by atoms with Crippen molar-refractivity contribution in [2.24, 2.45) is 4.99 Å². The van der Waals surface area contributed by atoms with Crippen molar-refractivity contribution in [3.63, 3.8) is 0 Å². The molecule has 0 fully saturated rings. The number of carbonyl (C=O) groups excluding carboxylic acids is 1. The highest BCUT2D eigenvalue weighted by Gasteiger charge is 2.30. The van der Waals surface area contributed by atoms with E-state index in [4.69, 9.17) is 0 Å². The zero-order valence-corrected chi connectivity index (χ0v) is 13.9. The molecule has 134 valence electrons. The van der Waals surface area contributed by atoms with Gasteiger partial charge >= 0.3 is 6.18 Å². The quantitative estimate of drug-likeness (QED) is 0.586. The molecule has 0 unspecified atom stereocenters. The Morgan fingerprint density at radius 2 is 1.88 bits per heavy atom. The molecule has 5 nitrogen and oxygen atoms in total. The maximum absolute atomic E-state index is 12.3. The molecule has 1 aromatic rings. The SMILES string of the molecule is CCNC(=NCC(=O)N(C)CC(F)(F)F)NCCc1ccccc1. The lowest BCUT2D eigenvalue weighted by Crippen LogP contribution is -2.40. The molecule has 0 spiro atoms. The van der Waals surface area contributed by atoms with Gasteiger partial charge in [-0.3, -0.25) is 4.79 Å². The fourth-order valence-corrected chi connectivity index (χ4v) is 1.94. The van der Waals surface area contributed by atoms with Gasteiger partial charge in [-0.05, 0) is 18.9 Å². The van der Waals surface area contributed by atoms with Gasteiger partial charge in [0.25, 0.3) is 0 Å². The van der Waals surface area contributed by atoms with Gasteiger partial charge in [0.2, 0.25) is 5.91 Å². The standard InChI is InChI=1S/C16H23F3N4O/c1-3-20-15(21-10-9-13-7-5-4-6-8-13)22-11-14(24)23(2)12-16(17,18)19/h4-8H,3,9-12H2,1-2H3,(H2,20,21,22). The topological polar surface area (TPSA) is 56.7 Å².